The average molecular weight is 245 g/mol. The number of hydrogen-bond donors (Lipinski definition) is 0. The van der Waals surface area contributed by atoms with Gasteiger partial charge in [-0.1, -0.05) is 30.3 Å². The summed E-state index contributed by atoms with van der Waals surface area (Å²) in [6.07, 6.45) is 3.24. The number of β-lactam (4-membered cyclic amide) rings is 1. The van der Waals surface area contributed by atoms with E-state index in [2.05, 4.69) is 12.1 Å². The van der Waals surface area contributed by atoms with Crippen molar-refractivity contribution in [3.05, 3.63) is 35.9 Å². The van der Waals surface area contributed by atoms with Crippen molar-refractivity contribution in [2.45, 2.75) is 37.3 Å². The number of piperidine rings is 1. The van der Waals surface area contributed by atoms with Crippen molar-refractivity contribution in [2.24, 2.45) is 0 Å². The molecule has 2 saturated heterocycles. The van der Waals surface area contributed by atoms with Crippen molar-refractivity contribution in [2.75, 3.05) is 13.7 Å². The van der Waals surface area contributed by atoms with Gasteiger partial charge in [0.15, 0.2) is 5.60 Å². The van der Waals surface area contributed by atoms with E-state index in [9.17, 15) is 4.79 Å². The quantitative estimate of drug-likeness (QED) is 0.748. The number of hydrogen-bond acceptors (Lipinski definition) is 2. The van der Waals surface area contributed by atoms with Gasteiger partial charge < -0.3 is 9.64 Å². The lowest BCUT2D eigenvalue weighted by Crippen LogP contribution is -2.80. The Balaban J connectivity index is 2.12. The topological polar surface area (TPSA) is 29.5 Å². The molecule has 0 spiro atoms. The summed E-state index contributed by atoms with van der Waals surface area (Å²) in [6.45, 7) is 2.79. The summed E-state index contributed by atoms with van der Waals surface area (Å²) in [7, 11) is 1.65. The van der Waals surface area contributed by atoms with E-state index in [1.807, 2.05) is 30.0 Å². The van der Waals surface area contributed by atoms with Gasteiger partial charge in [-0.3, -0.25) is 4.79 Å². The first kappa shape index (κ1) is 11.7. The van der Waals surface area contributed by atoms with Crippen molar-refractivity contribution in [3.63, 3.8) is 0 Å². The third-order valence-electron chi connectivity index (χ3n) is 4.73. The Labute approximate surface area is 108 Å². The molecule has 0 bridgehead atoms. The van der Waals surface area contributed by atoms with Gasteiger partial charge in [0.25, 0.3) is 5.91 Å². The van der Waals surface area contributed by atoms with Crippen molar-refractivity contribution < 1.29 is 9.53 Å². The molecule has 96 valence electrons. The second-order valence-corrected chi connectivity index (χ2v) is 5.38. The van der Waals surface area contributed by atoms with E-state index < -0.39 is 5.60 Å². The lowest BCUT2D eigenvalue weighted by atomic mass is 9.61. The highest BCUT2D eigenvalue weighted by Gasteiger charge is 2.70. The molecular weight excluding hydrogens is 226 g/mol. The molecule has 0 saturated carbocycles. The summed E-state index contributed by atoms with van der Waals surface area (Å²) >= 11 is 0. The Morgan fingerprint density at radius 1 is 1.22 bits per heavy atom. The van der Waals surface area contributed by atoms with Gasteiger partial charge in [0, 0.05) is 13.7 Å². The molecule has 2 fully saturated rings. The van der Waals surface area contributed by atoms with Crippen LogP contribution in [0.15, 0.2) is 30.3 Å². The minimum absolute atomic E-state index is 0.133. The summed E-state index contributed by atoms with van der Waals surface area (Å²) in [5, 5.41) is 0. The van der Waals surface area contributed by atoms with Crippen molar-refractivity contribution in [3.8, 4) is 0 Å². The lowest BCUT2D eigenvalue weighted by molar-refractivity contribution is -0.233. The number of amides is 1. The van der Waals surface area contributed by atoms with E-state index in [0.717, 1.165) is 25.8 Å². The summed E-state index contributed by atoms with van der Waals surface area (Å²) in [6, 6.07) is 10.3. The molecule has 3 heteroatoms. The molecule has 2 atom stereocenters. The summed E-state index contributed by atoms with van der Waals surface area (Å²) in [5.41, 5.74) is 0.251. The number of fused-ring (bicyclic) bond motifs is 1. The predicted octanol–water partition coefficient (Wildman–Crippen LogP) is 2.31. The van der Waals surface area contributed by atoms with Crippen LogP contribution in [-0.4, -0.2) is 30.1 Å². The van der Waals surface area contributed by atoms with E-state index in [0.29, 0.717) is 0 Å². The fourth-order valence-corrected chi connectivity index (χ4v) is 3.67. The fraction of sp³-hybridized carbons (Fsp3) is 0.533. The second kappa shape index (κ2) is 3.82. The van der Waals surface area contributed by atoms with E-state index in [4.69, 9.17) is 4.74 Å². The van der Waals surface area contributed by atoms with Gasteiger partial charge in [-0.05, 0) is 31.7 Å². The molecule has 18 heavy (non-hydrogen) atoms. The zero-order valence-electron chi connectivity index (χ0n) is 11.0. The molecule has 0 aromatic heterocycles. The minimum atomic E-state index is -0.700. The zero-order valence-corrected chi connectivity index (χ0v) is 11.0. The van der Waals surface area contributed by atoms with E-state index in [-0.39, 0.29) is 11.4 Å². The van der Waals surface area contributed by atoms with E-state index >= 15 is 0 Å². The highest BCUT2D eigenvalue weighted by atomic mass is 16.5. The number of carbonyl (C=O) groups excluding carboxylic acids is 1. The Hall–Kier alpha value is -1.35. The van der Waals surface area contributed by atoms with Gasteiger partial charge in [-0.25, -0.2) is 0 Å². The summed E-state index contributed by atoms with van der Waals surface area (Å²) in [4.78, 5) is 14.3. The van der Waals surface area contributed by atoms with Crippen LogP contribution in [0, 0.1) is 0 Å². The van der Waals surface area contributed by atoms with Crippen LogP contribution >= 0.6 is 0 Å². The van der Waals surface area contributed by atoms with Gasteiger partial charge in [-0.15, -0.1) is 0 Å². The molecule has 1 amide bonds. The smallest absolute Gasteiger partial charge is 0.258 e. The van der Waals surface area contributed by atoms with Gasteiger partial charge in [0.05, 0.1) is 0 Å². The van der Waals surface area contributed by atoms with Crippen LogP contribution in [-0.2, 0) is 15.1 Å². The fourth-order valence-electron chi connectivity index (χ4n) is 3.67. The third-order valence-corrected chi connectivity index (χ3v) is 4.73. The SMILES string of the molecule is CO[C@]1(C)C(=O)N2CCCC[C@]21c1ccccc1. The Morgan fingerprint density at radius 2 is 1.94 bits per heavy atom. The zero-order chi connectivity index (χ0) is 12.8. The molecule has 0 N–H and O–H groups in total. The molecule has 2 aliphatic heterocycles. The van der Waals surface area contributed by atoms with Crippen molar-refractivity contribution in [1.82, 2.24) is 4.90 Å². The number of benzene rings is 1. The predicted molar refractivity (Wildman–Crippen MR) is 69.1 cm³/mol. The van der Waals surface area contributed by atoms with Gasteiger partial charge >= 0.3 is 0 Å². The Kier molecular flexibility index (Phi) is 2.49. The van der Waals surface area contributed by atoms with Crippen LogP contribution in [0.25, 0.3) is 0 Å². The average Bonchev–Trinajstić information content (AvgIpc) is 2.46. The molecule has 1 aromatic rings. The maximum absolute atomic E-state index is 12.3. The number of nitrogens with zero attached hydrogens (tertiary/aromatic N) is 1. The molecule has 0 unspecified atom stereocenters. The van der Waals surface area contributed by atoms with E-state index in [1.165, 1.54) is 5.56 Å². The molecule has 0 radical (unpaired) electrons. The van der Waals surface area contributed by atoms with Crippen molar-refractivity contribution >= 4 is 5.91 Å². The molecule has 0 aliphatic carbocycles. The van der Waals surface area contributed by atoms with Crippen LogP contribution in [0.2, 0.25) is 0 Å². The monoisotopic (exact) mass is 245 g/mol. The maximum atomic E-state index is 12.3. The first-order chi connectivity index (χ1) is 8.67. The second-order valence-electron chi connectivity index (χ2n) is 5.38. The number of methoxy groups -OCH3 is 1. The molecule has 2 heterocycles. The van der Waals surface area contributed by atoms with Gasteiger partial charge in [0.1, 0.15) is 5.54 Å². The number of carbonyl (C=O) groups is 1. The van der Waals surface area contributed by atoms with Crippen molar-refractivity contribution in [1.29, 1.82) is 0 Å². The normalized spacial score (nSPS) is 35.0. The van der Waals surface area contributed by atoms with Crippen LogP contribution < -0.4 is 0 Å². The lowest BCUT2D eigenvalue weighted by Gasteiger charge is -2.65. The highest BCUT2D eigenvalue weighted by Crippen LogP contribution is 2.55. The van der Waals surface area contributed by atoms with E-state index in [1.54, 1.807) is 7.11 Å². The largest absolute Gasteiger partial charge is 0.366 e. The first-order valence-electron chi connectivity index (χ1n) is 6.59. The van der Waals surface area contributed by atoms with Crippen LogP contribution in [0.1, 0.15) is 31.7 Å². The van der Waals surface area contributed by atoms with Gasteiger partial charge in [0.2, 0.25) is 0 Å². The molecule has 1 aromatic carbocycles. The highest BCUT2D eigenvalue weighted by molar-refractivity contribution is 5.95. The molecular formula is C15H19NO2. The molecule has 3 rings (SSSR count). The minimum Gasteiger partial charge on any atom is -0.366 e. The number of rotatable bonds is 2. The third kappa shape index (κ3) is 1.15. The summed E-state index contributed by atoms with van der Waals surface area (Å²) < 4.78 is 5.62. The Bertz CT molecular complexity index is 473. The number of ether oxygens (including phenoxy) is 1. The maximum Gasteiger partial charge on any atom is 0.258 e. The first-order valence-corrected chi connectivity index (χ1v) is 6.59. The Morgan fingerprint density at radius 3 is 2.61 bits per heavy atom. The standard InChI is InChI=1S/C15H19NO2/c1-14(18-2)13(17)16-11-7-6-10-15(14,16)12-8-4-3-5-9-12/h3-5,8-9H,6-7,10-11H2,1-2H3/t14-,15-/m1/s1. The molecule has 2 aliphatic rings. The molecule has 3 nitrogen and oxygen atoms in total. The van der Waals surface area contributed by atoms with Crippen LogP contribution in [0.3, 0.4) is 0 Å². The van der Waals surface area contributed by atoms with Crippen LogP contribution in [0.5, 0.6) is 0 Å². The summed E-state index contributed by atoms with van der Waals surface area (Å²) in [5.74, 6) is 0.133. The van der Waals surface area contributed by atoms with Gasteiger partial charge in [-0.2, -0.15) is 0 Å². The van der Waals surface area contributed by atoms with Crippen LogP contribution in [0.4, 0.5) is 0 Å².